The third-order valence-corrected chi connectivity index (χ3v) is 4.46. The fourth-order valence-corrected chi connectivity index (χ4v) is 3.18. The van der Waals surface area contributed by atoms with Crippen molar-refractivity contribution in [1.29, 1.82) is 0 Å². The first-order valence-corrected chi connectivity index (χ1v) is 8.44. The number of halogens is 1. The van der Waals surface area contributed by atoms with Gasteiger partial charge in [0.15, 0.2) is 10.9 Å². The van der Waals surface area contributed by atoms with Gasteiger partial charge in [-0.25, -0.2) is 4.98 Å². The first kappa shape index (κ1) is 19.8. The molecule has 0 unspecified atom stereocenters. The molecule has 9 heteroatoms. The van der Waals surface area contributed by atoms with Gasteiger partial charge >= 0.3 is 0 Å². The summed E-state index contributed by atoms with van der Waals surface area (Å²) in [6, 6.07) is 11.2. The third-order valence-electron chi connectivity index (χ3n) is 3.48. The van der Waals surface area contributed by atoms with Gasteiger partial charge < -0.3 is 27.0 Å². The Balaban J connectivity index is 0.00000243. The summed E-state index contributed by atoms with van der Waals surface area (Å²) in [4.78, 5) is 26.8. The first-order valence-electron chi connectivity index (χ1n) is 7.62. The molecule has 0 aliphatic rings. The van der Waals surface area contributed by atoms with Crippen LogP contribution in [0, 0.1) is 10.1 Å². The van der Waals surface area contributed by atoms with Crippen LogP contribution in [0.5, 0.6) is 5.75 Å². The number of benzene rings is 2. The number of nitro groups is 1. The average molecular weight is 437 g/mol. The predicted molar refractivity (Wildman–Crippen MR) is 96.7 cm³/mol. The van der Waals surface area contributed by atoms with Gasteiger partial charge in [-0.05, 0) is 31.2 Å². The summed E-state index contributed by atoms with van der Waals surface area (Å²) in [7, 11) is 0. The van der Waals surface area contributed by atoms with Crippen molar-refractivity contribution in [1.82, 2.24) is 4.98 Å². The normalized spacial score (nSPS) is 10.2. The number of carbonyl (C=O) groups excluding carboxylic acids is 1. The topological polar surface area (TPSA) is 94.4 Å². The molecule has 1 N–H and O–H groups in total. The fourth-order valence-electron chi connectivity index (χ4n) is 2.30. The average Bonchev–Trinajstić information content (AvgIpc) is 3.04. The molecule has 0 amide bonds. The number of non-ortho nitro benzene ring substituents is 1. The minimum atomic E-state index is -0.496. The molecule has 1 heterocycles. The predicted octanol–water partition coefficient (Wildman–Crippen LogP) is 0.902. The number of aromatic nitrogens is 1. The van der Waals surface area contributed by atoms with Crippen LogP contribution in [0.4, 0.5) is 10.8 Å². The van der Waals surface area contributed by atoms with Crippen molar-refractivity contribution in [2.24, 2.45) is 0 Å². The highest BCUT2D eigenvalue weighted by atomic mass is 79.9. The smallest absolute Gasteiger partial charge is 0.269 e. The number of nitro benzene ring substituents is 1. The van der Waals surface area contributed by atoms with Crippen molar-refractivity contribution in [3.8, 4) is 5.75 Å². The van der Waals surface area contributed by atoms with Crippen LogP contribution in [0.2, 0.25) is 0 Å². The molecule has 0 aliphatic heterocycles. The number of ether oxygens (including phenoxy) is 1. The number of anilines is 1. The molecule has 0 saturated heterocycles. The van der Waals surface area contributed by atoms with Crippen molar-refractivity contribution in [2.45, 2.75) is 6.92 Å². The second-order valence-corrected chi connectivity index (χ2v) is 6.17. The van der Waals surface area contributed by atoms with Crippen LogP contribution in [0.3, 0.4) is 0 Å². The number of fused-ring (bicyclic) bond motifs is 1. The van der Waals surface area contributed by atoms with Gasteiger partial charge in [0.1, 0.15) is 11.3 Å². The quantitative estimate of drug-likeness (QED) is 0.336. The monoisotopic (exact) mass is 436 g/mol. The van der Waals surface area contributed by atoms with E-state index in [4.69, 9.17) is 4.74 Å². The van der Waals surface area contributed by atoms with E-state index in [1.54, 1.807) is 0 Å². The minimum absolute atomic E-state index is 0. The van der Waals surface area contributed by atoms with Gasteiger partial charge in [0.2, 0.25) is 0 Å². The highest BCUT2D eigenvalue weighted by Crippen LogP contribution is 2.32. The van der Waals surface area contributed by atoms with Gasteiger partial charge in [-0.3, -0.25) is 14.9 Å². The van der Waals surface area contributed by atoms with E-state index in [1.807, 2.05) is 25.1 Å². The lowest BCUT2D eigenvalue weighted by molar-refractivity contribution is -0.384. The largest absolute Gasteiger partial charge is 1.00 e. The van der Waals surface area contributed by atoms with Crippen molar-refractivity contribution >= 4 is 38.2 Å². The number of Topliss-reactive ketones (excluding diaryl/α,β-unsaturated/α-hetero) is 1. The Morgan fingerprint density at radius 1 is 1.27 bits per heavy atom. The van der Waals surface area contributed by atoms with Gasteiger partial charge in [0, 0.05) is 17.7 Å². The number of hydrogen-bond donors (Lipinski definition) is 1. The van der Waals surface area contributed by atoms with E-state index in [9.17, 15) is 14.9 Å². The Hall–Kier alpha value is -2.52. The molecule has 0 bridgehead atoms. The summed E-state index contributed by atoms with van der Waals surface area (Å²) >= 11 is 1.44. The summed E-state index contributed by atoms with van der Waals surface area (Å²) in [6.07, 6.45) is 0. The lowest BCUT2D eigenvalue weighted by Gasteiger charge is -2.03. The molecule has 0 atom stereocenters. The van der Waals surface area contributed by atoms with E-state index in [-0.39, 0.29) is 35.0 Å². The van der Waals surface area contributed by atoms with Crippen LogP contribution in [0.25, 0.3) is 10.2 Å². The summed E-state index contributed by atoms with van der Waals surface area (Å²) in [6.45, 7) is 2.52. The molecule has 0 aliphatic carbocycles. The molecular formula is C17H15BrN3O4S-. The summed E-state index contributed by atoms with van der Waals surface area (Å²) in [5.41, 5.74) is 1.13. The summed E-state index contributed by atoms with van der Waals surface area (Å²) in [5, 5.41) is 14.3. The molecule has 0 radical (unpaired) electrons. The van der Waals surface area contributed by atoms with Crippen molar-refractivity contribution in [3.05, 3.63) is 58.1 Å². The SMILES string of the molecule is CCOc1cccc2sc(NCC(=O)c3ccc([N+](=O)[O-])cc3)nc12.[Br-]. The van der Waals surface area contributed by atoms with E-state index < -0.39 is 4.92 Å². The Morgan fingerprint density at radius 3 is 2.65 bits per heavy atom. The van der Waals surface area contributed by atoms with Gasteiger partial charge in [-0.1, -0.05) is 17.4 Å². The maximum Gasteiger partial charge on any atom is 0.269 e. The van der Waals surface area contributed by atoms with Gasteiger partial charge in [0.05, 0.1) is 22.8 Å². The van der Waals surface area contributed by atoms with Gasteiger partial charge in [0.25, 0.3) is 5.69 Å². The Labute approximate surface area is 163 Å². The maximum atomic E-state index is 12.2. The van der Waals surface area contributed by atoms with E-state index in [2.05, 4.69) is 10.3 Å². The Kier molecular flexibility index (Phi) is 6.64. The number of ketones is 1. The number of thiazole rings is 1. The second-order valence-electron chi connectivity index (χ2n) is 5.14. The van der Waals surface area contributed by atoms with Gasteiger partial charge in [-0.15, -0.1) is 0 Å². The molecule has 3 rings (SSSR count). The van der Waals surface area contributed by atoms with E-state index in [1.165, 1.54) is 35.6 Å². The fraction of sp³-hybridized carbons (Fsp3) is 0.176. The summed E-state index contributed by atoms with van der Waals surface area (Å²) in [5.74, 6) is 0.546. The molecule has 26 heavy (non-hydrogen) atoms. The van der Waals surface area contributed by atoms with Gasteiger partial charge in [-0.2, -0.15) is 0 Å². The molecule has 1 aromatic heterocycles. The van der Waals surface area contributed by atoms with Crippen LogP contribution in [-0.4, -0.2) is 28.8 Å². The number of carbonyl (C=O) groups is 1. The molecule has 0 saturated carbocycles. The van der Waals surface area contributed by atoms with Crippen LogP contribution in [0.1, 0.15) is 17.3 Å². The lowest BCUT2D eigenvalue weighted by atomic mass is 10.1. The van der Waals surface area contributed by atoms with Crippen LogP contribution >= 0.6 is 11.3 Å². The first-order chi connectivity index (χ1) is 12.1. The lowest BCUT2D eigenvalue weighted by Crippen LogP contribution is -3.00. The number of hydrogen-bond acceptors (Lipinski definition) is 7. The van der Waals surface area contributed by atoms with Crippen molar-refractivity contribution < 1.29 is 31.4 Å². The number of para-hydroxylation sites is 1. The molecule has 2 aromatic carbocycles. The highest BCUT2D eigenvalue weighted by Gasteiger charge is 2.12. The van der Waals surface area contributed by atoms with E-state index in [0.29, 0.717) is 23.1 Å². The number of nitrogens with zero attached hydrogens (tertiary/aromatic N) is 2. The maximum absolute atomic E-state index is 12.2. The summed E-state index contributed by atoms with van der Waals surface area (Å²) < 4.78 is 6.52. The molecule has 0 spiro atoms. The van der Waals surface area contributed by atoms with Crippen LogP contribution in [0.15, 0.2) is 42.5 Å². The highest BCUT2D eigenvalue weighted by molar-refractivity contribution is 7.22. The van der Waals surface area contributed by atoms with Crippen molar-refractivity contribution in [3.63, 3.8) is 0 Å². The molecular weight excluding hydrogens is 422 g/mol. The Morgan fingerprint density at radius 2 is 2.00 bits per heavy atom. The zero-order valence-electron chi connectivity index (χ0n) is 13.8. The molecule has 136 valence electrons. The molecule has 3 aromatic rings. The van der Waals surface area contributed by atoms with Crippen LogP contribution < -0.4 is 27.0 Å². The van der Waals surface area contributed by atoms with E-state index in [0.717, 1.165) is 10.2 Å². The van der Waals surface area contributed by atoms with Crippen LogP contribution in [-0.2, 0) is 0 Å². The number of rotatable bonds is 7. The Bertz CT molecular complexity index is 927. The zero-order valence-corrected chi connectivity index (χ0v) is 16.2. The van der Waals surface area contributed by atoms with E-state index >= 15 is 0 Å². The molecule has 0 fully saturated rings. The zero-order chi connectivity index (χ0) is 17.8. The second kappa shape index (κ2) is 8.72. The number of nitrogens with one attached hydrogen (secondary N) is 1. The standard InChI is InChI=1S/C17H15N3O4S.BrH/c1-2-24-14-4-3-5-15-16(14)19-17(25-15)18-10-13(21)11-6-8-12(9-7-11)20(22)23;/h3-9H,2,10H2,1H3,(H,18,19);1H/p-1. The third kappa shape index (κ3) is 4.36. The van der Waals surface area contributed by atoms with Crippen molar-refractivity contribution in [2.75, 3.05) is 18.5 Å². The minimum Gasteiger partial charge on any atom is -1.00 e. The molecule has 7 nitrogen and oxygen atoms in total.